The highest BCUT2D eigenvalue weighted by Crippen LogP contribution is 2.34. The van der Waals surface area contributed by atoms with Gasteiger partial charge in [-0.2, -0.15) is 5.21 Å². The SMILES string of the molecule is NSc1ccnc(-c2ccc(CO)cc2)c1-c1nn[nH]n1. The van der Waals surface area contributed by atoms with E-state index in [9.17, 15) is 0 Å². The lowest BCUT2D eigenvalue weighted by Gasteiger charge is -2.09. The van der Waals surface area contributed by atoms with E-state index in [1.54, 1.807) is 6.20 Å². The number of nitrogens with zero attached hydrogens (tertiary/aromatic N) is 4. The molecule has 0 saturated heterocycles. The van der Waals surface area contributed by atoms with Gasteiger partial charge in [-0.15, -0.1) is 10.2 Å². The number of aromatic nitrogens is 5. The molecule has 0 amide bonds. The first-order chi connectivity index (χ1) is 10.3. The normalized spacial score (nSPS) is 10.8. The van der Waals surface area contributed by atoms with Crippen LogP contribution in [0.2, 0.25) is 0 Å². The van der Waals surface area contributed by atoms with Gasteiger partial charge in [0.15, 0.2) is 0 Å². The molecule has 8 heteroatoms. The van der Waals surface area contributed by atoms with E-state index >= 15 is 0 Å². The molecule has 3 aromatic rings. The number of hydrogen-bond donors (Lipinski definition) is 3. The molecule has 21 heavy (non-hydrogen) atoms. The van der Waals surface area contributed by atoms with Gasteiger partial charge in [-0.1, -0.05) is 24.3 Å². The molecule has 2 heterocycles. The predicted octanol–water partition coefficient (Wildman–Crippen LogP) is 1.39. The van der Waals surface area contributed by atoms with Crippen molar-refractivity contribution >= 4 is 11.9 Å². The Morgan fingerprint density at radius 3 is 2.62 bits per heavy atom. The van der Waals surface area contributed by atoms with Crippen LogP contribution in [-0.4, -0.2) is 30.7 Å². The van der Waals surface area contributed by atoms with Crippen molar-refractivity contribution in [1.82, 2.24) is 25.6 Å². The monoisotopic (exact) mass is 300 g/mol. The van der Waals surface area contributed by atoms with E-state index in [4.69, 9.17) is 10.2 Å². The number of aromatic amines is 1. The molecule has 106 valence electrons. The third-order valence-corrected chi connectivity index (χ3v) is 3.61. The van der Waals surface area contributed by atoms with E-state index in [1.165, 1.54) is 0 Å². The molecule has 0 unspecified atom stereocenters. The average Bonchev–Trinajstić information content (AvgIpc) is 3.08. The third-order valence-electron chi connectivity index (χ3n) is 3.02. The molecule has 1 aromatic carbocycles. The number of rotatable bonds is 4. The molecule has 0 atom stereocenters. The molecule has 0 spiro atoms. The van der Waals surface area contributed by atoms with Gasteiger partial charge >= 0.3 is 0 Å². The molecule has 7 nitrogen and oxygen atoms in total. The molecule has 0 aliphatic carbocycles. The molecule has 0 bridgehead atoms. The zero-order valence-electron chi connectivity index (χ0n) is 10.9. The Morgan fingerprint density at radius 2 is 2.00 bits per heavy atom. The second kappa shape index (κ2) is 6.00. The van der Waals surface area contributed by atoms with Gasteiger partial charge in [-0.3, -0.25) is 10.1 Å². The first-order valence-corrected chi connectivity index (χ1v) is 7.01. The number of pyridine rings is 1. The Kier molecular flexibility index (Phi) is 3.91. The fraction of sp³-hybridized carbons (Fsp3) is 0.0769. The molecule has 2 aromatic heterocycles. The van der Waals surface area contributed by atoms with Crippen LogP contribution in [0.25, 0.3) is 22.6 Å². The lowest BCUT2D eigenvalue weighted by molar-refractivity contribution is 0.282. The highest BCUT2D eigenvalue weighted by molar-refractivity contribution is 7.97. The zero-order valence-corrected chi connectivity index (χ0v) is 11.7. The van der Waals surface area contributed by atoms with Crippen LogP contribution in [0, 0.1) is 0 Å². The predicted molar refractivity (Wildman–Crippen MR) is 78.8 cm³/mol. The van der Waals surface area contributed by atoms with E-state index in [1.807, 2.05) is 30.3 Å². The van der Waals surface area contributed by atoms with Gasteiger partial charge in [-0.25, -0.2) is 0 Å². The van der Waals surface area contributed by atoms with Crippen LogP contribution in [0.5, 0.6) is 0 Å². The van der Waals surface area contributed by atoms with Gasteiger partial charge in [0.25, 0.3) is 0 Å². The van der Waals surface area contributed by atoms with Gasteiger partial charge in [-0.05, 0) is 28.8 Å². The molecule has 0 radical (unpaired) electrons. The van der Waals surface area contributed by atoms with Gasteiger partial charge in [0.1, 0.15) is 0 Å². The number of benzene rings is 1. The molecule has 0 aliphatic rings. The topological polar surface area (TPSA) is 114 Å². The first-order valence-electron chi connectivity index (χ1n) is 6.13. The van der Waals surface area contributed by atoms with Crippen molar-refractivity contribution in [3.05, 3.63) is 42.1 Å². The lowest BCUT2D eigenvalue weighted by Crippen LogP contribution is -1.96. The summed E-state index contributed by atoms with van der Waals surface area (Å²) >= 11 is 1.11. The summed E-state index contributed by atoms with van der Waals surface area (Å²) in [4.78, 5) is 5.23. The fourth-order valence-electron chi connectivity index (χ4n) is 2.01. The number of tetrazole rings is 1. The highest BCUT2D eigenvalue weighted by Gasteiger charge is 2.17. The lowest BCUT2D eigenvalue weighted by atomic mass is 10.0. The standard InChI is InChI=1S/C13H12N6OS/c14-21-10-5-6-15-12(11(10)13-16-18-19-17-13)9-3-1-8(7-20)2-4-9/h1-6,20H,7,14H2,(H,16,17,18,19). The maximum absolute atomic E-state index is 9.12. The maximum atomic E-state index is 9.12. The van der Waals surface area contributed by atoms with Crippen molar-refractivity contribution in [2.24, 2.45) is 5.14 Å². The van der Waals surface area contributed by atoms with E-state index in [0.717, 1.165) is 39.2 Å². The quantitative estimate of drug-likeness (QED) is 0.624. The second-order valence-corrected chi connectivity index (χ2v) is 4.92. The van der Waals surface area contributed by atoms with E-state index in [-0.39, 0.29) is 6.61 Å². The zero-order chi connectivity index (χ0) is 14.7. The van der Waals surface area contributed by atoms with Crippen LogP contribution in [0.3, 0.4) is 0 Å². The molecular formula is C13H12N6OS. The summed E-state index contributed by atoms with van der Waals surface area (Å²) in [6.07, 6.45) is 1.69. The number of H-pyrrole nitrogens is 1. The summed E-state index contributed by atoms with van der Waals surface area (Å²) in [5.41, 5.74) is 3.18. The van der Waals surface area contributed by atoms with Crippen molar-refractivity contribution in [1.29, 1.82) is 0 Å². The summed E-state index contributed by atoms with van der Waals surface area (Å²) in [6, 6.07) is 9.28. The number of hydrogen-bond acceptors (Lipinski definition) is 7. The van der Waals surface area contributed by atoms with Crippen LogP contribution in [0.1, 0.15) is 5.56 Å². The minimum atomic E-state index is 0.00407. The molecule has 0 saturated carbocycles. The van der Waals surface area contributed by atoms with Gasteiger partial charge in [0.2, 0.25) is 5.82 Å². The van der Waals surface area contributed by atoms with Gasteiger partial charge in [0.05, 0.1) is 17.9 Å². The Bertz CT molecular complexity index is 729. The van der Waals surface area contributed by atoms with Crippen LogP contribution in [0.4, 0.5) is 0 Å². The summed E-state index contributed by atoms with van der Waals surface area (Å²) in [5, 5.41) is 28.9. The summed E-state index contributed by atoms with van der Waals surface area (Å²) in [6.45, 7) is 0.00407. The molecule has 4 N–H and O–H groups in total. The maximum Gasteiger partial charge on any atom is 0.208 e. The van der Waals surface area contributed by atoms with E-state index in [2.05, 4.69) is 25.6 Å². The van der Waals surface area contributed by atoms with Crippen molar-refractivity contribution < 1.29 is 5.11 Å². The number of nitrogens with one attached hydrogen (secondary N) is 1. The number of aliphatic hydroxyl groups excluding tert-OH is 1. The minimum absolute atomic E-state index is 0.00407. The average molecular weight is 300 g/mol. The number of nitrogens with two attached hydrogens (primary N) is 1. The Balaban J connectivity index is 2.17. The van der Waals surface area contributed by atoms with Crippen LogP contribution >= 0.6 is 11.9 Å². The second-order valence-electron chi connectivity index (χ2n) is 4.24. The smallest absolute Gasteiger partial charge is 0.208 e. The molecule has 3 rings (SSSR count). The fourth-order valence-corrected chi connectivity index (χ4v) is 2.46. The molecule has 0 fully saturated rings. The Hall–Kier alpha value is -2.29. The van der Waals surface area contributed by atoms with Crippen molar-refractivity contribution in [3.63, 3.8) is 0 Å². The minimum Gasteiger partial charge on any atom is -0.392 e. The van der Waals surface area contributed by atoms with Gasteiger partial charge < -0.3 is 5.11 Å². The largest absolute Gasteiger partial charge is 0.392 e. The Labute approximate surface area is 124 Å². The Morgan fingerprint density at radius 1 is 1.19 bits per heavy atom. The van der Waals surface area contributed by atoms with Crippen LogP contribution < -0.4 is 5.14 Å². The van der Waals surface area contributed by atoms with Crippen LogP contribution in [-0.2, 0) is 6.61 Å². The summed E-state index contributed by atoms with van der Waals surface area (Å²) in [5.74, 6) is 0.442. The first kappa shape index (κ1) is 13.7. The van der Waals surface area contributed by atoms with Crippen LogP contribution in [0.15, 0.2) is 41.4 Å². The molecular weight excluding hydrogens is 288 g/mol. The highest BCUT2D eigenvalue weighted by atomic mass is 32.2. The van der Waals surface area contributed by atoms with Crippen molar-refractivity contribution in [2.45, 2.75) is 11.5 Å². The number of aliphatic hydroxyl groups is 1. The van der Waals surface area contributed by atoms with E-state index < -0.39 is 0 Å². The third kappa shape index (κ3) is 2.64. The van der Waals surface area contributed by atoms with Gasteiger partial charge in [0, 0.05) is 16.7 Å². The summed E-state index contributed by atoms with van der Waals surface area (Å²) in [7, 11) is 0. The van der Waals surface area contributed by atoms with Crippen molar-refractivity contribution in [3.8, 4) is 22.6 Å². The van der Waals surface area contributed by atoms with Crippen molar-refractivity contribution in [2.75, 3.05) is 0 Å². The van der Waals surface area contributed by atoms with E-state index in [0.29, 0.717) is 5.82 Å². The summed E-state index contributed by atoms with van der Waals surface area (Å²) < 4.78 is 0. The molecule has 0 aliphatic heterocycles.